The number of hydrogen-bond donors (Lipinski definition) is 1. The Hall–Kier alpha value is -6.77. The van der Waals surface area contributed by atoms with Gasteiger partial charge in [-0.05, 0) is 37.3 Å². The Kier molecular flexibility index (Phi) is 31.1. The van der Waals surface area contributed by atoms with E-state index < -0.39 is 15.9 Å². The minimum atomic E-state index is -4.18. The monoisotopic (exact) mass is 1180 g/mol. The number of ether oxygens (including phenoxy) is 12. The SMILES string of the molecule is CCCCOc1cc(C#Cc2cc(OCCOC)c(C#CC(C)C)cc2OCCOC)c(OCCC[N+](C)(C)C)cc1C#Cc1cc(OCCOC)c(C#Cc2cc(OCCCC)c(C(C)C)cc2OCCCS(=O)(=O)O)cc1OCCOC. The number of quaternary nitrogens is 1. The number of hydrogen-bond acceptors (Lipinski definition) is 14. The Balaban J connectivity index is 2.01. The van der Waals surface area contributed by atoms with Crippen molar-refractivity contribution in [1.82, 2.24) is 0 Å². The van der Waals surface area contributed by atoms with Crippen molar-refractivity contribution in [3.05, 3.63) is 93.0 Å². The highest BCUT2D eigenvalue weighted by Crippen LogP contribution is 2.36. The molecule has 84 heavy (non-hydrogen) atoms. The molecule has 0 aliphatic rings. The van der Waals surface area contributed by atoms with E-state index in [4.69, 9.17) is 56.8 Å². The Labute approximate surface area is 501 Å². The summed E-state index contributed by atoms with van der Waals surface area (Å²) in [5.41, 5.74) is 4.78. The summed E-state index contributed by atoms with van der Waals surface area (Å²) in [6.07, 6.45) is 4.37. The molecule has 0 heterocycles. The molecule has 0 aliphatic carbocycles. The van der Waals surface area contributed by atoms with Crippen LogP contribution in [-0.2, 0) is 29.1 Å². The third-order valence-electron chi connectivity index (χ3n) is 12.2. The quantitative estimate of drug-likeness (QED) is 0.0200. The average Bonchev–Trinajstić information content (AvgIpc) is 3.55. The number of rotatable bonds is 35. The van der Waals surface area contributed by atoms with Gasteiger partial charge in [0, 0.05) is 82.7 Å². The second-order valence-electron chi connectivity index (χ2n) is 21.2. The first kappa shape index (κ1) is 69.7. The molecular formula is C67H90NO15S+. The second kappa shape index (κ2) is 37.5. The van der Waals surface area contributed by atoms with Gasteiger partial charge in [0.2, 0.25) is 0 Å². The minimum Gasteiger partial charge on any atom is -0.493 e. The molecule has 0 fully saturated rings. The van der Waals surface area contributed by atoms with E-state index in [2.05, 4.69) is 96.2 Å². The Morgan fingerprint density at radius 3 is 0.988 bits per heavy atom. The zero-order valence-corrected chi connectivity index (χ0v) is 52.8. The lowest BCUT2D eigenvalue weighted by molar-refractivity contribution is -0.870. The summed E-state index contributed by atoms with van der Waals surface area (Å²) >= 11 is 0. The molecule has 0 saturated heterocycles. The highest BCUT2D eigenvalue weighted by Gasteiger charge is 2.19. The van der Waals surface area contributed by atoms with E-state index in [0.717, 1.165) is 48.7 Å². The van der Waals surface area contributed by atoms with Gasteiger partial charge in [0.1, 0.15) is 72.4 Å². The second-order valence-corrected chi connectivity index (χ2v) is 22.8. The van der Waals surface area contributed by atoms with E-state index in [1.165, 1.54) is 0 Å². The molecule has 0 radical (unpaired) electrons. The molecule has 458 valence electrons. The summed E-state index contributed by atoms with van der Waals surface area (Å²) in [6, 6.07) is 14.8. The van der Waals surface area contributed by atoms with Gasteiger partial charge in [-0.3, -0.25) is 4.55 Å². The third kappa shape index (κ3) is 25.6. The molecule has 4 aromatic rings. The molecule has 0 aromatic heterocycles. The van der Waals surface area contributed by atoms with Crippen LogP contribution < -0.4 is 37.9 Å². The van der Waals surface area contributed by atoms with Gasteiger partial charge in [0.25, 0.3) is 10.1 Å². The molecule has 0 amide bonds. The minimum absolute atomic E-state index is 0.0199. The number of nitrogens with zero attached hydrogens (tertiary/aromatic N) is 1. The van der Waals surface area contributed by atoms with Gasteiger partial charge in [0.05, 0.1) is 125 Å². The summed E-state index contributed by atoms with van der Waals surface area (Å²) < 4.78 is 106. The van der Waals surface area contributed by atoms with Crippen molar-refractivity contribution in [2.45, 2.75) is 86.0 Å². The molecule has 0 unspecified atom stereocenters. The average molecular weight is 1180 g/mol. The molecule has 4 aromatic carbocycles. The molecule has 0 aliphatic heterocycles. The first-order valence-corrected chi connectivity index (χ1v) is 30.5. The van der Waals surface area contributed by atoms with Crippen LogP contribution in [0.15, 0.2) is 48.5 Å². The van der Waals surface area contributed by atoms with Crippen molar-refractivity contribution in [3.63, 3.8) is 0 Å². The number of unbranched alkanes of at least 4 members (excludes halogenated alkanes) is 2. The van der Waals surface area contributed by atoms with Crippen LogP contribution in [-0.4, -0.2) is 159 Å². The summed E-state index contributed by atoms with van der Waals surface area (Å²) in [6.45, 7) is 17.0. The summed E-state index contributed by atoms with van der Waals surface area (Å²) in [4.78, 5) is 0. The van der Waals surface area contributed by atoms with Crippen molar-refractivity contribution < 1.29 is 74.3 Å². The van der Waals surface area contributed by atoms with Gasteiger partial charge in [-0.2, -0.15) is 8.42 Å². The predicted molar refractivity (Wildman–Crippen MR) is 329 cm³/mol. The molecule has 17 heteroatoms. The van der Waals surface area contributed by atoms with Gasteiger partial charge < -0.3 is 61.3 Å². The van der Waals surface area contributed by atoms with Crippen LogP contribution in [0.3, 0.4) is 0 Å². The van der Waals surface area contributed by atoms with Crippen LogP contribution >= 0.6 is 0 Å². The largest absolute Gasteiger partial charge is 0.493 e. The van der Waals surface area contributed by atoms with E-state index in [-0.39, 0.29) is 44.7 Å². The fraction of sp³-hybridized carbons (Fsp3) is 0.522. The van der Waals surface area contributed by atoms with E-state index >= 15 is 0 Å². The van der Waals surface area contributed by atoms with Gasteiger partial charge >= 0.3 is 0 Å². The van der Waals surface area contributed by atoms with Gasteiger partial charge in [0.15, 0.2) is 0 Å². The summed E-state index contributed by atoms with van der Waals surface area (Å²) in [5.74, 6) is 30.5. The van der Waals surface area contributed by atoms with Crippen LogP contribution in [0.25, 0.3) is 0 Å². The van der Waals surface area contributed by atoms with Gasteiger partial charge in [-0.15, -0.1) is 0 Å². The maximum absolute atomic E-state index is 11.6. The zero-order chi connectivity index (χ0) is 61.3. The van der Waals surface area contributed by atoms with Gasteiger partial charge in [-0.25, -0.2) is 0 Å². The molecule has 16 nitrogen and oxygen atoms in total. The molecule has 1 N–H and O–H groups in total. The van der Waals surface area contributed by atoms with Crippen LogP contribution in [0.4, 0.5) is 0 Å². The topological polar surface area (TPSA) is 165 Å². The lowest BCUT2D eigenvalue weighted by Gasteiger charge is -2.23. The van der Waals surface area contributed by atoms with Crippen molar-refractivity contribution >= 4 is 10.1 Å². The Morgan fingerprint density at radius 2 is 0.690 bits per heavy atom. The van der Waals surface area contributed by atoms with Crippen molar-refractivity contribution in [3.8, 4) is 93.4 Å². The van der Waals surface area contributed by atoms with Crippen LogP contribution in [0.5, 0.6) is 46.0 Å². The van der Waals surface area contributed by atoms with E-state index in [9.17, 15) is 13.0 Å². The van der Waals surface area contributed by atoms with Crippen molar-refractivity contribution in [2.75, 3.05) is 141 Å². The molecule has 0 bridgehead atoms. The summed E-state index contributed by atoms with van der Waals surface area (Å²) in [7, 11) is 8.70. The number of benzene rings is 4. The molecular weight excluding hydrogens is 1090 g/mol. The lowest BCUT2D eigenvalue weighted by Crippen LogP contribution is -2.36. The van der Waals surface area contributed by atoms with E-state index in [0.29, 0.717) is 138 Å². The van der Waals surface area contributed by atoms with Crippen molar-refractivity contribution in [1.29, 1.82) is 0 Å². The fourth-order valence-electron chi connectivity index (χ4n) is 7.71. The molecule has 0 saturated carbocycles. The maximum Gasteiger partial charge on any atom is 0.264 e. The molecule has 0 spiro atoms. The fourth-order valence-corrected chi connectivity index (χ4v) is 8.20. The first-order chi connectivity index (χ1) is 40.3. The Bertz CT molecular complexity index is 3060. The Morgan fingerprint density at radius 1 is 0.405 bits per heavy atom. The normalized spacial score (nSPS) is 11.1. The van der Waals surface area contributed by atoms with Crippen LogP contribution in [0.1, 0.15) is 130 Å². The predicted octanol–water partition coefficient (Wildman–Crippen LogP) is 10.6. The summed E-state index contributed by atoms with van der Waals surface area (Å²) in [5, 5.41) is 0. The van der Waals surface area contributed by atoms with E-state index in [1.807, 2.05) is 50.2 Å². The standard InChI is InChI=1S/C67H89NO15S/c1-14-16-29-76-60-43-54(23-25-55-45-62(80-37-33-72-10)52(21-20-50(3)4)42-63(55)81-38-34-73-11)61(77-31-18-28-68(7,8)9)44-53(60)22-24-56-46-65(83-40-36-75-13)57(47-64(56)82-39-35-74-12)26-27-58-48-67(79-30-17-15-2)59(51(5)6)49-66(58)78-32-19-41-84(69,70)71/h42-51H,14-19,28-41H2,1-13H3/p+1. The highest BCUT2D eigenvalue weighted by molar-refractivity contribution is 7.85. The number of methoxy groups -OCH3 is 4. The smallest absolute Gasteiger partial charge is 0.264 e. The zero-order valence-electron chi connectivity index (χ0n) is 51.9. The van der Waals surface area contributed by atoms with Crippen molar-refractivity contribution in [2.24, 2.45) is 5.92 Å². The van der Waals surface area contributed by atoms with E-state index in [1.54, 1.807) is 40.6 Å². The van der Waals surface area contributed by atoms with Crippen LogP contribution in [0, 0.1) is 53.3 Å². The first-order valence-electron chi connectivity index (χ1n) is 28.9. The highest BCUT2D eigenvalue weighted by atomic mass is 32.2. The van der Waals surface area contributed by atoms with Crippen LogP contribution in [0.2, 0.25) is 0 Å². The lowest BCUT2D eigenvalue weighted by atomic mass is 9.99. The molecule has 0 atom stereocenters. The molecule has 4 rings (SSSR count). The maximum atomic E-state index is 11.6. The third-order valence-corrected chi connectivity index (χ3v) is 13.0. The van der Waals surface area contributed by atoms with Gasteiger partial charge in [-0.1, -0.05) is 102 Å².